The number of hydrogen-bond donors (Lipinski definition) is 0. The van der Waals surface area contributed by atoms with Crippen molar-refractivity contribution in [3.05, 3.63) is 28.2 Å². The summed E-state index contributed by atoms with van der Waals surface area (Å²) < 4.78 is 11.3. The zero-order valence-corrected chi connectivity index (χ0v) is 12.8. The zero-order chi connectivity index (χ0) is 13.8. The van der Waals surface area contributed by atoms with E-state index in [1.54, 1.807) is 7.11 Å². The zero-order valence-electron chi connectivity index (χ0n) is 11.2. The molecule has 4 heteroatoms. The maximum absolute atomic E-state index is 11.6. The molecule has 0 saturated carbocycles. The Morgan fingerprint density at radius 1 is 1.39 bits per heavy atom. The van der Waals surface area contributed by atoms with E-state index in [9.17, 15) is 4.79 Å². The van der Waals surface area contributed by atoms with Gasteiger partial charge in [-0.15, -0.1) is 0 Å². The van der Waals surface area contributed by atoms with E-state index in [0.717, 1.165) is 15.8 Å². The number of rotatable bonds is 5. The molecule has 1 rings (SSSR count). The largest absolute Gasteiger partial charge is 0.496 e. The van der Waals surface area contributed by atoms with Crippen molar-refractivity contribution in [3.8, 4) is 5.75 Å². The fraction of sp³-hybridized carbons (Fsp3) is 0.500. The lowest BCUT2D eigenvalue weighted by Gasteiger charge is -2.26. The molecule has 0 atom stereocenters. The predicted octanol–water partition coefficient (Wildman–Crippen LogP) is 3.69. The molecular weight excluding hydrogens is 296 g/mol. The molecule has 3 nitrogen and oxygen atoms in total. The van der Waals surface area contributed by atoms with Gasteiger partial charge in [0.25, 0.3) is 0 Å². The number of carbonyl (C=O) groups is 1. The van der Waals surface area contributed by atoms with Crippen LogP contribution in [-0.2, 0) is 14.9 Å². The van der Waals surface area contributed by atoms with E-state index in [0.29, 0.717) is 13.0 Å². The van der Waals surface area contributed by atoms with Gasteiger partial charge < -0.3 is 9.47 Å². The Kier molecular flexibility index (Phi) is 5.20. The third kappa shape index (κ3) is 3.73. The van der Waals surface area contributed by atoms with Crippen molar-refractivity contribution in [1.82, 2.24) is 0 Å². The third-order valence-corrected chi connectivity index (χ3v) is 3.28. The molecule has 0 aliphatic heterocycles. The molecule has 0 saturated heterocycles. The van der Waals surface area contributed by atoms with Crippen molar-refractivity contribution < 1.29 is 14.3 Å². The van der Waals surface area contributed by atoms with E-state index in [1.165, 1.54) is 0 Å². The van der Waals surface area contributed by atoms with Gasteiger partial charge in [0.2, 0.25) is 0 Å². The van der Waals surface area contributed by atoms with Gasteiger partial charge in [-0.1, -0.05) is 29.8 Å². The third-order valence-electron chi connectivity index (χ3n) is 2.78. The molecule has 0 amide bonds. The average molecular weight is 315 g/mol. The highest BCUT2D eigenvalue weighted by molar-refractivity contribution is 9.10. The van der Waals surface area contributed by atoms with Gasteiger partial charge in [0, 0.05) is 15.5 Å². The van der Waals surface area contributed by atoms with Crippen molar-refractivity contribution in [2.75, 3.05) is 13.7 Å². The molecule has 0 unspecified atom stereocenters. The van der Waals surface area contributed by atoms with E-state index in [-0.39, 0.29) is 11.4 Å². The molecule has 0 radical (unpaired) electrons. The monoisotopic (exact) mass is 314 g/mol. The first-order valence-corrected chi connectivity index (χ1v) is 6.69. The van der Waals surface area contributed by atoms with Gasteiger partial charge in [0.05, 0.1) is 20.1 Å². The lowest BCUT2D eigenvalue weighted by molar-refractivity contribution is -0.144. The normalized spacial score (nSPS) is 11.2. The topological polar surface area (TPSA) is 35.5 Å². The first-order chi connectivity index (χ1) is 8.40. The molecule has 0 heterocycles. The van der Waals surface area contributed by atoms with Gasteiger partial charge in [-0.05, 0) is 25.1 Å². The van der Waals surface area contributed by atoms with Crippen LogP contribution in [0.5, 0.6) is 5.75 Å². The van der Waals surface area contributed by atoms with Crippen LogP contribution in [-0.4, -0.2) is 19.7 Å². The van der Waals surface area contributed by atoms with Crippen LogP contribution in [0.15, 0.2) is 22.7 Å². The summed E-state index contributed by atoms with van der Waals surface area (Å²) in [4.78, 5) is 11.6. The summed E-state index contributed by atoms with van der Waals surface area (Å²) >= 11 is 3.44. The minimum absolute atomic E-state index is 0.190. The van der Waals surface area contributed by atoms with E-state index in [1.807, 2.05) is 39.0 Å². The Hall–Kier alpha value is -1.03. The molecular formula is C14H19BrO3. The molecule has 0 N–H and O–H groups in total. The van der Waals surface area contributed by atoms with E-state index in [2.05, 4.69) is 15.9 Å². The van der Waals surface area contributed by atoms with Gasteiger partial charge >= 0.3 is 5.97 Å². The molecule has 100 valence electrons. The van der Waals surface area contributed by atoms with Crippen molar-refractivity contribution >= 4 is 21.9 Å². The number of methoxy groups -OCH3 is 1. The van der Waals surface area contributed by atoms with Gasteiger partial charge in [-0.3, -0.25) is 4.79 Å². The molecule has 1 aromatic carbocycles. The van der Waals surface area contributed by atoms with Crippen LogP contribution in [0, 0.1) is 0 Å². The molecule has 0 aliphatic carbocycles. The van der Waals surface area contributed by atoms with Crippen LogP contribution >= 0.6 is 15.9 Å². The SMILES string of the molecule is CCOC(=O)CC(C)(C)c1cc(Br)ccc1OC. The number of carbonyl (C=O) groups excluding carboxylic acids is 1. The summed E-state index contributed by atoms with van der Waals surface area (Å²) in [5.41, 5.74) is 0.661. The van der Waals surface area contributed by atoms with Gasteiger partial charge in [-0.2, -0.15) is 0 Å². The number of ether oxygens (including phenoxy) is 2. The predicted molar refractivity (Wildman–Crippen MR) is 75.0 cm³/mol. The van der Waals surface area contributed by atoms with Crippen molar-refractivity contribution in [2.24, 2.45) is 0 Å². The number of esters is 1. The summed E-state index contributed by atoms with van der Waals surface area (Å²) in [6, 6.07) is 5.80. The molecule has 0 bridgehead atoms. The lowest BCUT2D eigenvalue weighted by atomic mass is 9.81. The van der Waals surface area contributed by atoms with Crippen LogP contribution in [0.2, 0.25) is 0 Å². The summed E-state index contributed by atoms with van der Waals surface area (Å²) in [6.07, 6.45) is 0.327. The fourth-order valence-corrected chi connectivity index (χ4v) is 2.24. The maximum atomic E-state index is 11.6. The fourth-order valence-electron chi connectivity index (χ4n) is 1.88. The highest BCUT2D eigenvalue weighted by atomic mass is 79.9. The van der Waals surface area contributed by atoms with E-state index < -0.39 is 0 Å². The Morgan fingerprint density at radius 3 is 2.61 bits per heavy atom. The Labute approximate surface area is 117 Å². The van der Waals surface area contributed by atoms with Crippen LogP contribution in [0.3, 0.4) is 0 Å². The Bertz CT molecular complexity index is 427. The van der Waals surface area contributed by atoms with Gasteiger partial charge in [0.1, 0.15) is 5.75 Å². The van der Waals surface area contributed by atoms with Crippen molar-refractivity contribution in [1.29, 1.82) is 0 Å². The summed E-state index contributed by atoms with van der Waals surface area (Å²) in [5.74, 6) is 0.594. The summed E-state index contributed by atoms with van der Waals surface area (Å²) in [5, 5.41) is 0. The molecule has 18 heavy (non-hydrogen) atoms. The Morgan fingerprint density at radius 2 is 2.06 bits per heavy atom. The quantitative estimate of drug-likeness (QED) is 0.778. The highest BCUT2D eigenvalue weighted by Crippen LogP contribution is 2.36. The summed E-state index contributed by atoms with van der Waals surface area (Å²) in [7, 11) is 1.63. The highest BCUT2D eigenvalue weighted by Gasteiger charge is 2.28. The van der Waals surface area contributed by atoms with Crippen LogP contribution in [0.4, 0.5) is 0 Å². The smallest absolute Gasteiger partial charge is 0.306 e. The maximum Gasteiger partial charge on any atom is 0.306 e. The first-order valence-electron chi connectivity index (χ1n) is 5.90. The van der Waals surface area contributed by atoms with Crippen LogP contribution < -0.4 is 4.74 Å². The first kappa shape index (κ1) is 15.0. The second-order valence-electron chi connectivity index (χ2n) is 4.71. The number of benzene rings is 1. The van der Waals surface area contributed by atoms with E-state index >= 15 is 0 Å². The van der Waals surface area contributed by atoms with Gasteiger partial charge in [-0.25, -0.2) is 0 Å². The number of hydrogen-bond acceptors (Lipinski definition) is 3. The second kappa shape index (κ2) is 6.23. The standard InChI is InChI=1S/C14H19BrO3/c1-5-18-13(16)9-14(2,3)11-8-10(15)6-7-12(11)17-4/h6-8H,5,9H2,1-4H3. The second-order valence-corrected chi connectivity index (χ2v) is 5.63. The van der Waals surface area contributed by atoms with Crippen molar-refractivity contribution in [3.63, 3.8) is 0 Å². The molecule has 0 spiro atoms. The Balaban J connectivity index is 3.02. The van der Waals surface area contributed by atoms with Crippen molar-refractivity contribution in [2.45, 2.75) is 32.6 Å². The molecule has 1 aromatic rings. The van der Waals surface area contributed by atoms with Gasteiger partial charge in [0.15, 0.2) is 0 Å². The average Bonchev–Trinajstić information content (AvgIpc) is 2.28. The van der Waals surface area contributed by atoms with Crippen LogP contribution in [0.1, 0.15) is 32.8 Å². The number of halogens is 1. The summed E-state index contributed by atoms with van der Waals surface area (Å²) in [6.45, 7) is 6.23. The minimum Gasteiger partial charge on any atom is -0.496 e. The molecule has 0 fully saturated rings. The molecule has 0 aromatic heterocycles. The van der Waals surface area contributed by atoms with E-state index in [4.69, 9.17) is 9.47 Å². The van der Waals surface area contributed by atoms with Crippen LogP contribution in [0.25, 0.3) is 0 Å². The molecule has 0 aliphatic rings. The lowest BCUT2D eigenvalue weighted by Crippen LogP contribution is -2.24. The minimum atomic E-state index is -0.332.